The standard InChI is InChI=1S/C14H13N3O3S2/c1-8-2-7-11-12(13(8)22(18,19)20)21-14(16-11)9-3-5-10(17-15)6-4-9/h3-6,15H,2,7H2,1H3,(H,18,19,20). The van der Waals surface area contributed by atoms with Gasteiger partial charge in [0.2, 0.25) is 0 Å². The summed E-state index contributed by atoms with van der Waals surface area (Å²) in [6.45, 7) is 1.72. The molecule has 1 heterocycles. The minimum atomic E-state index is -4.26. The van der Waals surface area contributed by atoms with Crippen LogP contribution in [0.5, 0.6) is 0 Å². The summed E-state index contributed by atoms with van der Waals surface area (Å²) in [5, 5.41) is 4.03. The average molecular weight is 335 g/mol. The summed E-state index contributed by atoms with van der Waals surface area (Å²) in [6.07, 6.45) is 1.23. The van der Waals surface area contributed by atoms with Crippen LogP contribution in [0.4, 0.5) is 5.69 Å². The van der Waals surface area contributed by atoms with Crippen LogP contribution in [-0.4, -0.2) is 18.0 Å². The lowest BCUT2D eigenvalue weighted by molar-refractivity contribution is 0.495. The molecule has 0 saturated carbocycles. The number of fused-ring (bicyclic) bond motifs is 1. The SMILES string of the molecule is CC1=C(S(=O)(=O)O)c2sc(-c3ccc(N=N)cc3)nc2CC1. The lowest BCUT2D eigenvalue weighted by Gasteiger charge is -2.14. The van der Waals surface area contributed by atoms with E-state index < -0.39 is 10.1 Å². The van der Waals surface area contributed by atoms with Crippen LogP contribution >= 0.6 is 11.3 Å². The number of aromatic nitrogens is 1. The van der Waals surface area contributed by atoms with Gasteiger partial charge in [-0.15, -0.1) is 11.3 Å². The second kappa shape index (κ2) is 5.38. The topological polar surface area (TPSA) is 103 Å². The van der Waals surface area contributed by atoms with Crippen molar-refractivity contribution in [2.75, 3.05) is 0 Å². The van der Waals surface area contributed by atoms with Crippen molar-refractivity contribution in [3.05, 3.63) is 40.4 Å². The first kappa shape index (κ1) is 15.0. The summed E-state index contributed by atoms with van der Waals surface area (Å²) in [4.78, 5) is 5.03. The van der Waals surface area contributed by atoms with Crippen LogP contribution in [0.25, 0.3) is 15.5 Å². The van der Waals surface area contributed by atoms with E-state index in [1.807, 2.05) is 0 Å². The Morgan fingerprint density at radius 2 is 1.95 bits per heavy atom. The third kappa shape index (κ3) is 2.60. The van der Waals surface area contributed by atoms with Gasteiger partial charge in [-0.3, -0.25) is 4.55 Å². The van der Waals surface area contributed by atoms with Gasteiger partial charge in [0.05, 0.1) is 16.3 Å². The second-order valence-corrected chi connectivity index (χ2v) is 7.40. The third-order valence-corrected chi connectivity index (χ3v) is 5.89. The van der Waals surface area contributed by atoms with Gasteiger partial charge in [-0.05, 0) is 44.0 Å². The van der Waals surface area contributed by atoms with Gasteiger partial charge in [0.1, 0.15) is 9.91 Å². The highest BCUT2D eigenvalue weighted by Crippen LogP contribution is 2.40. The molecule has 0 aliphatic heterocycles. The molecule has 8 heteroatoms. The quantitative estimate of drug-likeness (QED) is 0.652. The summed E-state index contributed by atoms with van der Waals surface area (Å²) in [5.74, 6) is 0. The molecule has 3 rings (SSSR count). The Kier molecular flexibility index (Phi) is 3.67. The lowest BCUT2D eigenvalue weighted by atomic mass is 10.0. The van der Waals surface area contributed by atoms with E-state index in [9.17, 15) is 13.0 Å². The average Bonchev–Trinajstić information content (AvgIpc) is 2.89. The predicted molar refractivity (Wildman–Crippen MR) is 84.8 cm³/mol. The first-order valence-electron chi connectivity index (χ1n) is 6.55. The highest BCUT2D eigenvalue weighted by Gasteiger charge is 2.29. The summed E-state index contributed by atoms with van der Waals surface area (Å²) in [6, 6.07) is 6.99. The number of allylic oxidation sites excluding steroid dienone is 1. The molecule has 0 atom stereocenters. The molecule has 0 fully saturated rings. The number of nitrogens with one attached hydrogen (secondary N) is 1. The number of hydrogen-bond donors (Lipinski definition) is 2. The zero-order valence-corrected chi connectivity index (χ0v) is 13.3. The van der Waals surface area contributed by atoms with Gasteiger partial charge in [0.25, 0.3) is 10.1 Å². The van der Waals surface area contributed by atoms with Crippen molar-refractivity contribution in [2.45, 2.75) is 19.8 Å². The second-order valence-electron chi connectivity index (χ2n) is 5.04. The molecule has 22 heavy (non-hydrogen) atoms. The van der Waals surface area contributed by atoms with Gasteiger partial charge in [-0.25, -0.2) is 10.5 Å². The minimum absolute atomic E-state index is 0.00437. The molecule has 1 aliphatic carbocycles. The maximum atomic E-state index is 11.6. The molecule has 0 bridgehead atoms. The number of rotatable bonds is 3. The molecule has 0 radical (unpaired) electrons. The summed E-state index contributed by atoms with van der Waals surface area (Å²) in [7, 11) is -4.26. The summed E-state index contributed by atoms with van der Waals surface area (Å²) >= 11 is 1.25. The molecule has 0 unspecified atom stereocenters. The summed E-state index contributed by atoms with van der Waals surface area (Å²) in [5.41, 5.74) is 9.69. The Labute approximate surface area is 131 Å². The van der Waals surface area contributed by atoms with E-state index in [2.05, 4.69) is 10.1 Å². The van der Waals surface area contributed by atoms with E-state index in [4.69, 9.17) is 5.53 Å². The molecule has 2 aromatic rings. The number of hydrogen-bond acceptors (Lipinski definition) is 6. The predicted octanol–water partition coefficient (Wildman–Crippen LogP) is 4.04. The molecule has 1 aromatic heterocycles. The Balaban J connectivity index is 2.11. The van der Waals surface area contributed by atoms with E-state index in [-0.39, 0.29) is 4.91 Å². The molecular formula is C14H13N3O3S2. The monoisotopic (exact) mass is 335 g/mol. The van der Waals surface area contributed by atoms with Crippen LogP contribution in [0.1, 0.15) is 23.9 Å². The van der Waals surface area contributed by atoms with Crippen molar-refractivity contribution in [2.24, 2.45) is 5.11 Å². The van der Waals surface area contributed by atoms with Gasteiger partial charge in [-0.2, -0.15) is 13.5 Å². The fourth-order valence-corrected chi connectivity index (χ4v) is 4.92. The van der Waals surface area contributed by atoms with Crippen molar-refractivity contribution < 1.29 is 13.0 Å². The molecule has 1 aliphatic rings. The molecule has 1 aromatic carbocycles. The first-order valence-corrected chi connectivity index (χ1v) is 8.81. The van der Waals surface area contributed by atoms with Crippen LogP contribution in [-0.2, 0) is 16.5 Å². The van der Waals surface area contributed by atoms with Crippen LogP contribution in [0, 0.1) is 5.53 Å². The van der Waals surface area contributed by atoms with Crippen LogP contribution < -0.4 is 0 Å². The van der Waals surface area contributed by atoms with E-state index >= 15 is 0 Å². The zero-order valence-electron chi connectivity index (χ0n) is 11.7. The molecule has 2 N–H and O–H groups in total. The molecule has 0 amide bonds. The van der Waals surface area contributed by atoms with Crippen molar-refractivity contribution >= 4 is 32.0 Å². The van der Waals surface area contributed by atoms with E-state index in [0.717, 1.165) is 5.56 Å². The van der Waals surface area contributed by atoms with Crippen molar-refractivity contribution in [3.8, 4) is 10.6 Å². The zero-order chi connectivity index (χ0) is 15.9. The molecule has 0 spiro atoms. The Morgan fingerprint density at radius 1 is 1.27 bits per heavy atom. The van der Waals surface area contributed by atoms with Gasteiger partial charge >= 0.3 is 0 Å². The Bertz CT molecular complexity index is 881. The Morgan fingerprint density at radius 3 is 2.55 bits per heavy atom. The van der Waals surface area contributed by atoms with Gasteiger partial charge < -0.3 is 0 Å². The van der Waals surface area contributed by atoms with E-state index in [0.29, 0.717) is 39.7 Å². The molecular weight excluding hydrogens is 322 g/mol. The maximum Gasteiger partial charge on any atom is 0.295 e. The van der Waals surface area contributed by atoms with E-state index in [1.165, 1.54) is 11.3 Å². The van der Waals surface area contributed by atoms with Gasteiger partial charge in [0, 0.05) is 5.56 Å². The Hall–Kier alpha value is -1.90. The lowest BCUT2D eigenvalue weighted by Crippen LogP contribution is -2.09. The first-order chi connectivity index (χ1) is 10.4. The number of benzene rings is 1. The molecule has 0 saturated heterocycles. The summed E-state index contributed by atoms with van der Waals surface area (Å²) < 4.78 is 32.7. The number of aryl methyl sites for hydroxylation is 1. The number of nitrogens with zero attached hydrogens (tertiary/aromatic N) is 2. The van der Waals surface area contributed by atoms with Crippen molar-refractivity contribution in [1.82, 2.24) is 4.98 Å². The number of thiazole rings is 1. The highest BCUT2D eigenvalue weighted by molar-refractivity contribution is 7.95. The van der Waals surface area contributed by atoms with Crippen LogP contribution in [0.2, 0.25) is 0 Å². The smallest absolute Gasteiger partial charge is 0.282 e. The van der Waals surface area contributed by atoms with Crippen molar-refractivity contribution in [1.29, 1.82) is 5.53 Å². The van der Waals surface area contributed by atoms with Crippen molar-refractivity contribution in [3.63, 3.8) is 0 Å². The van der Waals surface area contributed by atoms with Gasteiger partial charge in [0.15, 0.2) is 0 Å². The third-order valence-electron chi connectivity index (χ3n) is 3.53. The molecule has 6 nitrogen and oxygen atoms in total. The maximum absolute atomic E-state index is 11.6. The minimum Gasteiger partial charge on any atom is -0.282 e. The highest BCUT2D eigenvalue weighted by atomic mass is 32.2. The largest absolute Gasteiger partial charge is 0.295 e. The fourth-order valence-electron chi connectivity index (χ4n) is 2.45. The fraction of sp³-hybridized carbons (Fsp3) is 0.214. The van der Waals surface area contributed by atoms with Crippen LogP contribution in [0.15, 0.2) is 35.0 Å². The van der Waals surface area contributed by atoms with Crippen LogP contribution in [0.3, 0.4) is 0 Å². The van der Waals surface area contributed by atoms with E-state index in [1.54, 1.807) is 31.2 Å². The molecule has 114 valence electrons. The van der Waals surface area contributed by atoms with Gasteiger partial charge in [-0.1, -0.05) is 5.57 Å². The normalized spacial score (nSPS) is 14.8.